The van der Waals surface area contributed by atoms with Crippen molar-refractivity contribution < 1.29 is 4.74 Å². The summed E-state index contributed by atoms with van der Waals surface area (Å²) >= 11 is 0. The van der Waals surface area contributed by atoms with Crippen molar-refractivity contribution in [2.24, 2.45) is 5.92 Å². The molecular formula is C22H34N4O. The Morgan fingerprint density at radius 2 is 2.07 bits per heavy atom. The number of aryl methyl sites for hydroxylation is 1. The lowest BCUT2D eigenvalue weighted by atomic mass is 9.97. The standard InChI is InChI=1S/C22H34N4O/c1-4-26-15-12-23-22(26)18-24(2)16-20-6-5-13-25(17-20)14-11-19-7-9-21(27-3)10-8-19/h7-10,12,15,20H,4-6,11,13-14,16-18H2,1-3H3/t20-/m1/s1. The lowest BCUT2D eigenvalue weighted by molar-refractivity contribution is 0.141. The van der Waals surface area contributed by atoms with Crippen LogP contribution >= 0.6 is 0 Å². The summed E-state index contributed by atoms with van der Waals surface area (Å²) in [6.07, 6.45) is 7.75. The van der Waals surface area contributed by atoms with Crippen molar-refractivity contribution in [1.82, 2.24) is 19.4 Å². The van der Waals surface area contributed by atoms with Gasteiger partial charge in [-0.1, -0.05) is 12.1 Å². The Labute approximate surface area is 163 Å². The predicted molar refractivity (Wildman–Crippen MR) is 110 cm³/mol. The molecule has 1 fully saturated rings. The van der Waals surface area contributed by atoms with E-state index in [0.717, 1.165) is 44.3 Å². The molecule has 0 aliphatic carbocycles. The maximum atomic E-state index is 5.25. The fraction of sp³-hybridized carbons (Fsp3) is 0.591. The van der Waals surface area contributed by atoms with Crippen LogP contribution < -0.4 is 4.74 Å². The quantitative estimate of drug-likeness (QED) is 0.678. The minimum Gasteiger partial charge on any atom is -0.497 e. The lowest BCUT2D eigenvalue weighted by Crippen LogP contribution is -2.41. The van der Waals surface area contributed by atoms with E-state index in [1.165, 1.54) is 37.3 Å². The van der Waals surface area contributed by atoms with Crippen LogP contribution in [0.3, 0.4) is 0 Å². The molecule has 0 N–H and O–H groups in total. The molecule has 5 nitrogen and oxygen atoms in total. The van der Waals surface area contributed by atoms with Crippen LogP contribution in [0.25, 0.3) is 0 Å². The molecule has 0 unspecified atom stereocenters. The van der Waals surface area contributed by atoms with Crippen LogP contribution in [-0.2, 0) is 19.5 Å². The number of ether oxygens (including phenoxy) is 1. The van der Waals surface area contributed by atoms with Gasteiger partial charge in [-0.2, -0.15) is 0 Å². The van der Waals surface area contributed by atoms with Gasteiger partial charge >= 0.3 is 0 Å². The molecule has 148 valence electrons. The molecule has 27 heavy (non-hydrogen) atoms. The highest BCUT2D eigenvalue weighted by Gasteiger charge is 2.21. The monoisotopic (exact) mass is 370 g/mol. The van der Waals surface area contributed by atoms with Gasteiger partial charge in [-0.15, -0.1) is 0 Å². The van der Waals surface area contributed by atoms with Gasteiger partial charge in [-0.05, 0) is 63.4 Å². The van der Waals surface area contributed by atoms with Crippen molar-refractivity contribution in [3.63, 3.8) is 0 Å². The van der Waals surface area contributed by atoms with Crippen LogP contribution in [0.2, 0.25) is 0 Å². The number of benzene rings is 1. The zero-order valence-corrected chi connectivity index (χ0v) is 17.1. The molecule has 1 aromatic carbocycles. The molecule has 1 atom stereocenters. The first kappa shape index (κ1) is 19.9. The van der Waals surface area contributed by atoms with Crippen LogP contribution in [0.1, 0.15) is 31.2 Å². The maximum absolute atomic E-state index is 5.25. The molecule has 1 aliphatic rings. The largest absolute Gasteiger partial charge is 0.497 e. The average molecular weight is 371 g/mol. The summed E-state index contributed by atoms with van der Waals surface area (Å²) in [5, 5.41) is 0. The number of hydrogen-bond donors (Lipinski definition) is 0. The summed E-state index contributed by atoms with van der Waals surface area (Å²) in [7, 11) is 3.94. The summed E-state index contributed by atoms with van der Waals surface area (Å²) in [6.45, 7) is 8.84. The highest BCUT2D eigenvalue weighted by atomic mass is 16.5. The molecule has 2 aromatic rings. The Bertz CT molecular complexity index is 682. The van der Waals surface area contributed by atoms with Crippen LogP contribution in [0.4, 0.5) is 0 Å². The van der Waals surface area contributed by atoms with Crippen molar-refractivity contribution in [3.05, 3.63) is 48.0 Å². The maximum Gasteiger partial charge on any atom is 0.122 e. The molecule has 0 spiro atoms. The van der Waals surface area contributed by atoms with Gasteiger partial charge in [0, 0.05) is 38.6 Å². The van der Waals surface area contributed by atoms with E-state index in [2.05, 4.69) is 63.8 Å². The van der Waals surface area contributed by atoms with E-state index < -0.39 is 0 Å². The third-order valence-electron chi connectivity index (χ3n) is 5.60. The van der Waals surface area contributed by atoms with Gasteiger partial charge in [-0.25, -0.2) is 4.98 Å². The predicted octanol–water partition coefficient (Wildman–Crippen LogP) is 3.30. The number of nitrogens with zero attached hydrogens (tertiary/aromatic N) is 4. The molecule has 5 heteroatoms. The number of piperidine rings is 1. The van der Waals surface area contributed by atoms with Crippen LogP contribution in [-0.4, -0.2) is 59.7 Å². The molecule has 0 radical (unpaired) electrons. The fourth-order valence-electron chi connectivity index (χ4n) is 4.11. The Kier molecular flexibility index (Phi) is 7.30. The smallest absolute Gasteiger partial charge is 0.122 e. The summed E-state index contributed by atoms with van der Waals surface area (Å²) in [5.41, 5.74) is 1.39. The first-order valence-corrected chi connectivity index (χ1v) is 10.2. The van der Waals surface area contributed by atoms with E-state index in [1.54, 1.807) is 7.11 Å². The second kappa shape index (κ2) is 9.90. The first-order chi connectivity index (χ1) is 13.2. The molecule has 1 aliphatic heterocycles. The van der Waals surface area contributed by atoms with E-state index in [0.29, 0.717) is 0 Å². The summed E-state index contributed by atoms with van der Waals surface area (Å²) < 4.78 is 7.48. The van der Waals surface area contributed by atoms with Gasteiger partial charge in [0.15, 0.2) is 0 Å². The van der Waals surface area contributed by atoms with E-state index >= 15 is 0 Å². The molecule has 3 rings (SSSR count). The van der Waals surface area contributed by atoms with Gasteiger partial charge in [0.2, 0.25) is 0 Å². The minimum atomic E-state index is 0.754. The van der Waals surface area contributed by atoms with Crippen LogP contribution in [0, 0.1) is 5.92 Å². The van der Waals surface area contributed by atoms with Crippen molar-refractivity contribution in [2.75, 3.05) is 40.3 Å². The third kappa shape index (κ3) is 5.81. The van der Waals surface area contributed by atoms with Gasteiger partial charge in [0.25, 0.3) is 0 Å². The van der Waals surface area contributed by atoms with Gasteiger partial charge in [-0.3, -0.25) is 4.90 Å². The lowest BCUT2D eigenvalue weighted by Gasteiger charge is -2.34. The second-order valence-electron chi connectivity index (χ2n) is 7.73. The van der Waals surface area contributed by atoms with Crippen molar-refractivity contribution in [3.8, 4) is 5.75 Å². The number of likely N-dealkylation sites (tertiary alicyclic amines) is 1. The fourth-order valence-corrected chi connectivity index (χ4v) is 4.11. The van der Waals surface area contributed by atoms with Gasteiger partial charge in [0.05, 0.1) is 13.7 Å². The second-order valence-corrected chi connectivity index (χ2v) is 7.73. The highest BCUT2D eigenvalue weighted by molar-refractivity contribution is 5.27. The normalized spacial score (nSPS) is 18.1. The van der Waals surface area contributed by atoms with E-state index in [9.17, 15) is 0 Å². The van der Waals surface area contributed by atoms with Crippen molar-refractivity contribution >= 4 is 0 Å². The van der Waals surface area contributed by atoms with Crippen molar-refractivity contribution in [2.45, 2.75) is 39.3 Å². The Hall–Kier alpha value is -1.85. The third-order valence-corrected chi connectivity index (χ3v) is 5.60. The molecule has 0 amide bonds. The Balaban J connectivity index is 1.44. The molecule has 1 saturated heterocycles. The summed E-state index contributed by atoms with van der Waals surface area (Å²) in [4.78, 5) is 9.59. The number of hydrogen-bond acceptors (Lipinski definition) is 4. The zero-order chi connectivity index (χ0) is 19.1. The topological polar surface area (TPSA) is 33.5 Å². The number of rotatable bonds is 9. The average Bonchev–Trinajstić information content (AvgIpc) is 3.14. The van der Waals surface area contributed by atoms with E-state index in [1.807, 2.05) is 6.20 Å². The van der Waals surface area contributed by atoms with Gasteiger partial charge < -0.3 is 14.2 Å². The molecule has 1 aromatic heterocycles. The first-order valence-electron chi connectivity index (χ1n) is 10.2. The number of imidazole rings is 1. The SMILES string of the molecule is CCn1ccnc1CN(C)C[C@H]1CCCN(CCc2ccc(OC)cc2)C1. The number of aromatic nitrogens is 2. The van der Waals surface area contributed by atoms with Crippen molar-refractivity contribution in [1.29, 1.82) is 0 Å². The van der Waals surface area contributed by atoms with Crippen LogP contribution in [0.15, 0.2) is 36.7 Å². The number of methoxy groups -OCH3 is 1. The van der Waals surface area contributed by atoms with Gasteiger partial charge in [0.1, 0.15) is 11.6 Å². The summed E-state index contributed by atoms with van der Waals surface area (Å²) in [5.74, 6) is 2.86. The Morgan fingerprint density at radius 1 is 1.26 bits per heavy atom. The Morgan fingerprint density at radius 3 is 2.81 bits per heavy atom. The molecule has 2 heterocycles. The van der Waals surface area contributed by atoms with Crippen LogP contribution in [0.5, 0.6) is 5.75 Å². The molecule has 0 saturated carbocycles. The summed E-state index contributed by atoms with van der Waals surface area (Å²) in [6, 6.07) is 8.49. The van der Waals surface area contributed by atoms with E-state index in [4.69, 9.17) is 4.74 Å². The highest BCUT2D eigenvalue weighted by Crippen LogP contribution is 2.19. The molecule has 0 bridgehead atoms. The zero-order valence-electron chi connectivity index (χ0n) is 17.1. The minimum absolute atomic E-state index is 0.754. The van der Waals surface area contributed by atoms with E-state index in [-0.39, 0.29) is 0 Å². The molecular weight excluding hydrogens is 336 g/mol.